The average molecular weight is 339 g/mol. The van der Waals surface area contributed by atoms with E-state index in [9.17, 15) is 4.79 Å². The van der Waals surface area contributed by atoms with E-state index in [1.165, 1.54) is 25.9 Å². The number of carbonyl (C=O) groups excluding carboxylic acids is 1. The molecule has 23 heavy (non-hydrogen) atoms. The lowest BCUT2D eigenvalue weighted by atomic mass is 10.1. The van der Waals surface area contributed by atoms with Crippen LogP contribution < -0.4 is 28.8 Å². The maximum Gasteiger partial charge on any atom is 0.240 e. The minimum atomic E-state index is -0.220. The van der Waals surface area contributed by atoms with E-state index in [1.807, 2.05) is 19.1 Å². The number of anilines is 2. The molecule has 0 saturated carbocycles. The van der Waals surface area contributed by atoms with Crippen molar-refractivity contribution in [3.8, 4) is 0 Å². The zero-order valence-electron chi connectivity index (χ0n) is 14.0. The number of quaternary nitrogens is 1. The summed E-state index contributed by atoms with van der Waals surface area (Å²) in [6.07, 6.45) is 3.43. The Morgan fingerprint density at radius 2 is 1.96 bits per heavy atom. The van der Waals surface area contributed by atoms with Gasteiger partial charge in [-0.05, 0) is 30.7 Å². The van der Waals surface area contributed by atoms with Crippen molar-refractivity contribution in [2.45, 2.75) is 38.3 Å². The molecule has 2 heterocycles. The Hall–Kier alpha value is -1.46. The van der Waals surface area contributed by atoms with Crippen LogP contribution in [-0.2, 0) is 4.79 Å². The zero-order valence-corrected chi connectivity index (χ0v) is 14.7. The third-order valence-electron chi connectivity index (χ3n) is 5.66. The molecule has 2 unspecified atom stereocenters. The Morgan fingerprint density at radius 1 is 1.30 bits per heavy atom. The minimum Gasteiger partial charge on any atom is -1.00 e. The van der Waals surface area contributed by atoms with E-state index in [1.54, 1.807) is 0 Å². The molecule has 0 aliphatic carbocycles. The maximum absolute atomic E-state index is 12.0. The molecule has 1 amide bonds. The van der Waals surface area contributed by atoms with Gasteiger partial charge in [-0.15, -0.1) is 0 Å². The highest BCUT2D eigenvalue weighted by atomic mass is 35.5. The van der Waals surface area contributed by atoms with Crippen LogP contribution in [0.15, 0.2) is 18.2 Å². The van der Waals surface area contributed by atoms with Gasteiger partial charge in [-0.2, -0.15) is 0 Å². The van der Waals surface area contributed by atoms with Crippen LogP contribution in [-0.4, -0.2) is 49.2 Å². The fraction of sp³-hybridized carbons (Fsp3) is 0.588. The summed E-state index contributed by atoms with van der Waals surface area (Å²) in [7, 11) is 2.33. The number of halogens is 1. The van der Waals surface area contributed by atoms with Gasteiger partial charge in [0.05, 0.1) is 26.7 Å². The molecule has 1 aromatic rings. The van der Waals surface area contributed by atoms with Crippen molar-refractivity contribution in [3.63, 3.8) is 0 Å². The molecule has 128 valence electrons. The van der Waals surface area contributed by atoms with Crippen molar-refractivity contribution in [1.82, 2.24) is 0 Å². The maximum atomic E-state index is 12.0. The van der Waals surface area contributed by atoms with Gasteiger partial charge in [-0.1, -0.05) is 0 Å². The number of carbonyl (C=O) groups is 1. The monoisotopic (exact) mass is 338 g/mol. The highest BCUT2D eigenvalue weighted by Crippen LogP contribution is 2.34. The number of primary amides is 1. The Balaban J connectivity index is 0.00000192. The second-order valence-electron chi connectivity index (χ2n) is 7.13. The average Bonchev–Trinajstić information content (AvgIpc) is 3.09. The Morgan fingerprint density at radius 3 is 2.52 bits per heavy atom. The number of hydrogen-bond acceptors (Lipinski definition) is 3. The molecule has 4 N–H and O–H groups in total. The van der Waals surface area contributed by atoms with Gasteiger partial charge in [0, 0.05) is 30.6 Å². The first kappa shape index (κ1) is 17.9. The lowest BCUT2D eigenvalue weighted by molar-refractivity contribution is -0.919. The summed E-state index contributed by atoms with van der Waals surface area (Å²) in [6.45, 7) is 5.32. The smallest absolute Gasteiger partial charge is 0.240 e. The molecule has 3 rings (SSSR count). The number of benzene rings is 1. The van der Waals surface area contributed by atoms with Gasteiger partial charge >= 0.3 is 0 Å². The van der Waals surface area contributed by atoms with E-state index in [0.29, 0.717) is 6.04 Å². The van der Waals surface area contributed by atoms with Crippen molar-refractivity contribution in [2.24, 2.45) is 5.73 Å². The van der Waals surface area contributed by atoms with E-state index < -0.39 is 0 Å². The van der Waals surface area contributed by atoms with Gasteiger partial charge < -0.3 is 33.3 Å². The number of likely N-dealkylation sites (N-methyl/N-ethyl adjacent to an activating group) is 1. The van der Waals surface area contributed by atoms with Gasteiger partial charge in [0.25, 0.3) is 0 Å². The second kappa shape index (κ2) is 6.57. The standard InChI is InChI=1S/C17H26N4O.ClH/c1-12-9-13(5-6-15(12)18)20-11-14(10-16(20)17(19)22)21(2)7-3-4-8-21;/h5-6,9,14,16H,3-4,7-8,10-11,18H2,1-2H3,(H-,19,22);1H. The largest absolute Gasteiger partial charge is 1.00 e. The molecular formula is C17H27ClN4O. The molecule has 1 aromatic carbocycles. The molecule has 2 saturated heterocycles. The Labute approximate surface area is 144 Å². The molecule has 2 fully saturated rings. The fourth-order valence-corrected chi connectivity index (χ4v) is 4.08. The van der Waals surface area contributed by atoms with Gasteiger partial charge in [0.15, 0.2) is 0 Å². The van der Waals surface area contributed by atoms with E-state index in [4.69, 9.17) is 11.5 Å². The van der Waals surface area contributed by atoms with Gasteiger partial charge in [0.2, 0.25) is 5.91 Å². The summed E-state index contributed by atoms with van der Waals surface area (Å²) in [4.78, 5) is 14.1. The molecule has 5 nitrogen and oxygen atoms in total. The van der Waals surface area contributed by atoms with E-state index in [2.05, 4.69) is 18.0 Å². The summed E-state index contributed by atoms with van der Waals surface area (Å²) in [5.41, 5.74) is 14.5. The van der Waals surface area contributed by atoms with Crippen LogP contribution in [0.1, 0.15) is 24.8 Å². The summed E-state index contributed by atoms with van der Waals surface area (Å²) in [5.74, 6) is -0.220. The van der Waals surface area contributed by atoms with Crippen LogP contribution in [0.25, 0.3) is 0 Å². The summed E-state index contributed by atoms with van der Waals surface area (Å²) in [6, 6.07) is 6.27. The summed E-state index contributed by atoms with van der Waals surface area (Å²) >= 11 is 0. The number of nitrogens with zero attached hydrogens (tertiary/aromatic N) is 2. The zero-order chi connectivity index (χ0) is 15.9. The van der Waals surface area contributed by atoms with Crippen LogP contribution in [0.5, 0.6) is 0 Å². The molecule has 0 spiro atoms. The first-order valence-electron chi connectivity index (χ1n) is 8.17. The number of rotatable bonds is 3. The quantitative estimate of drug-likeness (QED) is 0.507. The molecule has 0 aromatic heterocycles. The topological polar surface area (TPSA) is 72.3 Å². The normalized spacial score (nSPS) is 26.1. The lowest BCUT2D eigenvalue weighted by Gasteiger charge is -2.35. The van der Waals surface area contributed by atoms with Crippen molar-refractivity contribution in [1.29, 1.82) is 0 Å². The summed E-state index contributed by atoms with van der Waals surface area (Å²) in [5, 5.41) is 0. The van der Waals surface area contributed by atoms with Gasteiger partial charge in [0.1, 0.15) is 12.1 Å². The first-order chi connectivity index (χ1) is 10.4. The van der Waals surface area contributed by atoms with E-state index in [0.717, 1.165) is 34.4 Å². The van der Waals surface area contributed by atoms with Crippen LogP contribution in [0.3, 0.4) is 0 Å². The number of likely N-dealkylation sites (tertiary alicyclic amines) is 1. The molecule has 2 atom stereocenters. The molecule has 2 aliphatic heterocycles. The van der Waals surface area contributed by atoms with Gasteiger partial charge in [-0.25, -0.2) is 0 Å². The first-order valence-corrected chi connectivity index (χ1v) is 8.17. The Kier molecular flexibility index (Phi) is 5.11. The predicted molar refractivity (Wildman–Crippen MR) is 89.5 cm³/mol. The Bertz CT molecular complexity index is 586. The minimum absolute atomic E-state index is 0. The highest BCUT2D eigenvalue weighted by Gasteiger charge is 2.46. The van der Waals surface area contributed by atoms with Crippen LogP contribution in [0, 0.1) is 6.92 Å². The van der Waals surface area contributed by atoms with Crippen LogP contribution >= 0.6 is 0 Å². The van der Waals surface area contributed by atoms with E-state index >= 15 is 0 Å². The molecule has 0 radical (unpaired) electrons. The SMILES string of the molecule is Cc1cc(N2CC([N+]3(C)CCCC3)CC2C(N)=O)ccc1N.[Cl-]. The summed E-state index contributed by atoms with van der Waals surface area (Å²) < 4.78 is 1.08. The third-order valence-corrected chi connectivity index (χ3v) is 5.66. The number of nitrogen functional groups attached to an aromatic ring is 1. The third kappa shape index (κ3) is 3.26. The van der Waals surface area contributed by atoms with Crippen molar-refractivity contribution >= 4 is 17.3 Å². The predicted octanol–water partition coefficient (Wildman–Crippen LogP) is -1.75. The second-order valence-corrected chi connectivity index (χ2v) is 7.13. The molecule has 6 heteroatoms. The van der Waals surface area contributed by atoms with E-state index in [-0.39, 0.29) is 24.4 Å². The highest BCUT2D eigenvalue weighted by molar-refractivity contribution is 5.84. The van der Waals surface area contributed by atoms with Crippen molar-refractivity contribution in [3.05, 3.63) is 23.8 Å². The molecule has 0 bridgehead atoms. The van der Waals surface area contributed by atoms with Crippen molar-refractivity contribution < 1.29 is 21.7 Å². The lowest BCUT2D eigenvalue weighted by Crippen LogP contribution is -3.00. The number of hydrogen-bond donors (Lipinski definition) is 2. The van der Waals surface area contributed by atoms with Gasteiger partial charge in [-0.3, -0.25) is 4.79 Å². The van der Waals surface area contributed by atoms with Crippen LogP contribution in [0.4, 0.5) is 11.4 Å². The molecular weight excluding hydrogens is 312 g/mol. The number of aryl methyl sites for hydroxylation is 1. The van der Waals surface area contributed by atoms with Crippen molar-refractivity contribution in [2.75, 3.05) is 37.3 Å². The van der Waals surface area contributed by atoms with Crippen LogP contribution in [0.2, 0.25) is 0 Å². The number of amides is 1. The fourth-order valence-electron chi connectivity index (χ4n) is 4.08. The number of nitrogens with two attached hydrogens (primary N) is 2. The molecule has 2 aliphatic rings.